The van der Waals surface area contributed by atoms with Gasteiger partial charge in [0.2, 0.25) is 0 Å². The van der Waals surface area contributed by atoms with Crippen LogP contribution in [0, 0.1) is 15.5 Å². The van der Waals surface area contributed by atoms with E-state index >= 15 is 0 Å². The molecule has 0 aliphatic rings. The molecule has 0 N–H and O–H groups in total. The minimum absolute atomic E-state index is 0.293. The number of carbonyl (C=O) groups excluding carboxylic acids is 2. The fourth-order valence-corrected chi connectivity index (χ4v) is 3.71. The number of nitrogens with zero attached hydrogens (tertiary/aromatic N) is 1. The number of ether oxygens (including phenoxy) is 1. The van der Waals surface area contributed by atoms with Crippen molar-refractivity contribution in [2.45, 2.75) is 19.8 Å². The van der Waals surface area contributed by atoms with Gasteiger partial charge in [0.05, 0.1) is 23.0 Å². The van der Waals surface area contributed by atoms with E-state index in [1.165, 1.54) is 6.92 Å². The van der Waals surface area contributed by atoms with Crippen molar-refractivity contribution in [2.24, 2.45) is 5.41 Å². The first-order chi connectivity index (χ1) is 13.2. The van der Waals surface area contributed by atoms with Crippen molar-refractivity contribution in [3.05, 3.63) is 39.9 Å². The lowest BCUT2D eigenvalue weighted by Crippen LogP contribution is -2.43. The Bertz CT molecular complexity index is 953. The third-order valence-corrected chi connectivity index (χ3v) is 5.37. The fourth-order valence-electron chi connectivity index (χ4n) is 2.52. The monoisotopic (exact) mass is 457 g/mol. The summed E-state index contributed by atoms with van der Waals surface area (Å²) in [4.78, 5) is 35.5. The molecule has 0 saturated carbocycles. The average molecular weight is 457 g/mol. The number of benzene rings is 1. The molecule has 0 radical (unpaired) electrons. The highest BCUT2D eigenvalue weighted by Crippen LogP contribution is 2.35. The minimum atomic E-state index is -5.19. The van der Waals surface area contributed by atoms with E-state index in [0.717, 1.165) is 24.3 Å². The molecular formula is C15H17F2NO9S2. The second kappa shape index (κ2) is 9.35. The average Bonchev–Trinajstić information content (AvgIpc) is 2.60. The van der Waals surface area contributed by atoms with Gasteiger partial charge in [0.25, 0.3) is 5.69 Å². The third kappa shape index (κ3) is 7.12. The molecule has 0 aromatic heterocycles. The molecule has 0 unspecified atom stereocenters. The lowest BCUT2D eigenvalue weighted by molar-refractivity contribution is -0.384. The number of hydrogen-bond acceptors (Lipinski definition) is 9. The Kier molecular flexibility index (Phi) is 7.91. The van der Waals surface area contributed by atoms with Crippen LogP contribution in [0.3, 0.4) is 0 Å². The summed E-state index contributed by atoms with van der Waals surface area (Å²) in [6.45, 7) is 1.05. The summed E-state index contributed by atoms with van der Waals surface area (Å²) in [5.74, 6) is -5.22. The van der Waals surface area contributed by atoms with Gasteiger partial charge in [-0.25, -0.2) is 0 Å². The van der Waals surface area contributed by atoms with Gasteiger partial charge in [0.1, 0.15) is 5.41 Å². The van der Waals surface area contributed by atoms with Crippen LogP contribution >= 0.6 is 0 Å². The van der Waals surface area contributed by atoms with Crippen LogP contribution in [0.5, 0.6) is 0 Å². The van der Waals surface area contributed by atoms with Crippen LogP contribution < -0.4 is 0 Å². The van der Waals surface area contributed by atoms with Gasteiger partial charge in [0.15, 0.2) is 5.78 Å². The quantitative estimate of drug-likeness (QED) is 0.121. The summed E-state index contributed by atoms with van der Waals surface area (Å²) >= 11 is 0. The molecule has 0 spiro atoms. The highest BCUT2D eigenvalue weighted by Gasteiger charge is 2.48. The fraction of sp³-hybridized carbons (Fsp3) is 0.467. The maximum Gasteiger partial charge on any atom is 0.320 e. The Morgan fingerprint density at radius 1 is 1.03 bits per heavy atom. The lowest BCUT2D eigenvalue weighted by Gasteiger charge is -2.29. The number of esters is 1. The van der Waals surface area contributed by atoms with E-state index in [9.17, 15) is 44.3 Å². The summed E-state index contributed by atoms with van der Waals surface area (Å²) in [6, 6.07) is 3.73. The molecule has 14 heteroatoms. The van der Waals surface area contributed by atoms with E-state index in [1.54, 1.807) is 0 Å². The van der Waals surface area contributed by atoms with Crippen molar-refractivity contribution in [3.63, 3.8) is 0 Å². The maximum absolute atomic E-state index is 13.1. The number of nitro benzene ring substituents is 1. The van der Waals surface area contributed by atoms with Crippen LogP contribution in [-0.2, 0) is 30.0 Å². The topological polar surface area (TPSA) is 155 Å². The van der Waals surface area contributed by atoms with Gasteiger partial charge in [-0.2, -0.15) is 16.8 Å². The molecule has 1 aromatic rings. The van der Waals surface area contributed by atoms with Crippen LogP contribution in [0.2, 0.25) is 0 Å². The molecule has 1 rings (SSSR count). The van der Waals surface area contributed by atoms with Crippen molar-refractivity contribution in [1.82, 2.24) is 0 Å². The number of rotatable bonds is 11. The summed E-state index contributed by atoms with van der Waals surface area (Å²) in [7, 11) is -10.4. The Morgan fingerprint density at radius 2 is 1.48 bits per heavy atom. The molecule has 0 aliphatic heterocycles. The second-order valence-corrected chi connectivity index (χ2v) is 8.89. The van der Waals surface area contributed by atoms with Gasteiger partial charge in [-0.15, -0.1) is 7.77 Å². The number of nitro groups is 1. The van der Waals surface area contributed by atoms with Crippen molar-refractivity contribution < 1.29 is 43.9 Å². The van der Waals surface area contributed by atoms with E-state index in [2.05, 4.69) is 0 Å². The van der Waals surface area contributed by atoms with Crippen LogP contribution in [0.1, 0.15) is 30.1 Å². The van der Waals surface area contributed by atoms with Gasteiger partial charge in [-0.05, 0) is 31.9 Å². The van der Waals surface area contributed by atoms with E-state index in [4.69, 9.17) is 4.74 Å². The van der Waals surface area contributed by atoms with E-state index in [-0.39, 0.29) is 12.2 Å². The molecule has 0 fully saturated rings. The van der Waals surface area contributed by atoms with Crippen LogP contribution in [0.25, 0.3) is 0 Å². The molecule has 162 valence electrons. The van der Waals surface area contributed by atoms with E-state index < -0.39 is 72.6 Å². The minimum Gasteiger partial charge on any atom is -0.465 e. The molecule has 0 saturated heterocycles. The molecule has 1 aromatic carbocycles. The molecule has 0 heterocycles. The highest BCUT2D eigenvalue weighted by molar-refractivity contribution is 7.86. The first-order valence-electron chi connectivity index (χ1n) is 8.03. The Labute approximate surface area is 165 Å². The first-order valence-corrected chi connectivity index (χ1v) is 11.1. The lowest BCUT2D eigenvalue weighted by atomic mass is 9.75. The summed E-state index contributed by atoms with van der Waals surface area (Å²) in [5, 5.41) is 10.7. The number of ketones is 1. The summed E-state index contributed by atoms with van der Waals surface area (Å²) < 4.78 is 74.7. The zero-order valence-corrected chi connectivity index (χ0v) is 16.7. The van der Waals surface area contributed by atoms with Crippen molar-refractivity contribution in [2.75, 3.05) is 18.1 Å². The molecule has 29 heavy (non-hydrogen) atoms. The van der Waals surface area contributed by atoms with Gasteiger partial charge in [-0.3, -0.25) is 19.7 Å². The molecule has 0 bridgehead atoms. The third-order valence-electron chi connectivity index (χ3n) is 3.99. The second-order valence-electron chi connectivity index (χ2n) is 5.92. The smallest absolute Gasteiger partial charge is 0.320 e. The number of non-ortho nitro benzene ring substituents is 1. The molecule has 0 amide bonds. The summed E-state index contributed by atoms with van der Waals surface area (Å²) in [6.07, 6.45) is -2.04. The normalized spacial score (nSPS) is 12.4. The maximum atomic E-state index is 13.1. The highest BCUT2D eigenvalue weighted by atomic mass is 32.3. The SMILES string of the molecule is CCOC(=O)C(CCS(=O)(=O)F)(CCS(=O)(=O)F)C(=O)c1ccc([N+](=O)[O-])cc1. The molecule has 0 aliphatic carbocycles. The summed E-state index contributed by atoms with van der Waals surface area (Å²) in [5.41, 5.74) is -3.28. The zero-order valence-electron chi connectivity index (χ0n) is 15.0. The van der Waals surface area contributed by atoms with Gasteiger partial charge in [-0.1, -0.05) is 0 Å². The molecule has 10 nitrogen and oxygen atoms in total. The molecule has 0 atom stereocenters. The number of carbonyl (C=O) groups is 2. The van der Waals surface area contributed by atoms with Crippen LogP contribution in [-0.4, -0.2) is 51.6 Å². The predicted octanol–water partition coefficient (Wildman–Crippen LogP) is 1.71. The van der Waals surface area contributed by atoms with E-state index in [0.29, 0.717) is 0 Å². The van der Waals surface area contributed by atoms with Gasteiger partial charge < -0.3 is 4.74 Å². The largest absolute Gasteiger partial charge is 0.465 e. The van der Waals surface area contributed by atoms with E-state index in [1.807, 2.05) is 0 Å². The number of hydrogen-bond donors (Lipinski definition) is 0. The zero-order chi connectivity index (χ0) is 22.5. The Balaban J connectivity index is 3.51. The van der Waals surface area contributed by atoms with Gasteiger partial charge >= 0.3 is 26.4 Å². The number of halogens is 2. The Hall–Kier alpha value is -2.48. The van der Waals surface area contributed by atoms with Crippen LogP contribution in [0.15, 0.2) is 24.3 Å². The first kappa shape index (κ1) is 24.6. The van der Waals surface area contributed by atoms with Crippen LogP contribution in [0.4, 0.5) is 13.5 Å². The van der Waals surface area contributed by atoms with Crippen molar-refractivity contribution in [3.8, 4) is 0 Å². The van der Waals surface area contributed by atoms with Crippen molar-refractivity contribution >= 4 is 37.9 Å². The predicted molar refractivity (Wildman–Crippen MR) is 95.5 cm³/mol. The molecular weight excluding hydrogens is 440 g/mol. The number of Topliss-reactive ketones (excluding diaryl/α,β-unsaturated/α-hetero) is 1. The Morgan fingerprint density at radius 3 is 1.83 bits per heavy atom. The van der Waals surface area contributed by atoms with Crippen molar-refractivity contribution in [1.29, 1.82) is 0 Å². The van der Waals surface area contributed by atoms with Gasteiger partial charge in [0, 0.05) is 17.7 Å². The standard InChI is InChI=1S/C15H17F2NO9S2/c1-2-27-14(20)15(7-9-28(16,23)24,8-10-29(17,25)26)13(19)11-3-5-12(6-4-11)18(21)22/h3-6H,2,7-10H2,1H3.